The Kier molecular flexibility index (Phi) is 4.74. The van der Waals surface area contributed by atoms with Gasteiger partial charge in [0.25, 0.3) is 0 Å². The number of rotatable bonds is 6. The third-order valence-corrected chi connectivity index (χ3v) is 3.65. The zero-order valence-corrected chi connectivity index (χ0v) is 11.4. The molecular weight excluding hydrogens is 240 g/mol. The Labute approximate surface area is 114 Å². The van der Waals surface area contributed by atoms with E-state index >= 15 is 0 Å². The normalized spacial score (nSPS) is 17.8. The van der Waals surface area contributed by atoms with Gasteiger partial charge in [-0.25, -0.2) is 0 Å². The lowest BCUT2D eigenvalue weighted by molar-refractivity contribution is -0.0630. The lowest BCUT2D eigenvalue weighted by Gasteiger charge is -2.39. The predicted molar refractivity (Wildman–Crippen MR) is 76.0 cm³/mol. The molecule has 0 aromatic carbocycles. The molecule has 0 aliphatic heterocycles. The summed E-state index contributed by atoms with van der Waals surface area (Å²) >= 11 is 0. The van der Waals surface area contributed by atoms with E-state index in [2.05, 4.69) is 15.3 Å². The first-order valence-electron chi connectivity index (χ1n) is 6.73. The molecule has 104 valence electrons. The molecule has 19 heavy (non-hydrogen) atoms. The van der Waals surface area contributed by atoms with E-state index in [4.69, 9.17) is 10.5 Å². The Hall–Kier alpha value is -1.62. The van der Waals surface area contributed by atoms with Crippen LogP contribution in [0.1, 0.15) is 25.0 Å². The Morgan fingerprint density at radius 3 is 2.95 bits per heavy atom. The maximum Gasteiger partial charge on any atom is 0.188 e. The highest BCUT2D eigenvalue weighted by Crippen LogP contribution is 2.35. The molecule has 3 N–H and O–H groups in total. The van der Waals surface area contributed by atoms with Crippen LogP contribution in [0.5, 0.6) is 0 Å². The number of pyridine rings is 1. The first kappa shape index (κ1) is 13.8. The van der Waals surface area contributed by atoms with Crippen LogP contribution in [0.4, 0.5) is 0 Å². The van der Waals surface area contributed by atoms with Crippen LogP contribution in [0.25, 0.3) is 0 Å². The van der Waals surface area contributed by atoms with Crippen molar-refractivity contribution in [2.24, 2.45) is 10.7 Å². The van der Waals surface area contributed by atoms with Crippen LogP contribution in [0.2, 0.25) is 0 Å². The molecule has 1 aromatic heterocycles. The molecule has 5 heteroatoms. The van der Waals surface area contributed by atoms with Crippen LogP contribution in [-0.2, 0) is 11.2 Å². The summed E-state index contributed by atoms with van der Waals surface area (Å²) in [6.45, 7) is 1.39. The molecule has 1 aliphatic rings. The van der Waals surface area contributed by atoms with E-state index in [1.54, 1.807) is 13.3 Å². The molecule has 0 amide bonds. The van der Waals surface area contributed by atoms with Crippen LogP contribution < -0.4 is 11.1 Å². The second kappa shape index (κ2) is 6.52. The van der Waals surface area contributed by atoms with Gasteiger partial charge in [0.05, 0.1) is 12.1 Å². The number of hydrogen-bond donors (Lipinski definition) is 2. The van der Waals surface area contributed by atoms with Gasteiger partial charge in [-0.1, -0.05) is 6.07 Å². The quantitative estimate of drug-likeness (QED) is 0.595. The number of nitrogens with one attached hydrogen (secondary N) is 1. The summed E-state index contributed by atoms with van der Waals surface area (Å²) in [5, 5.41) is 3.11. The summed E-state index contributed by atoms with van der Waals surface area (Å²) in [7, 11) is 1.75. The van der Waals surface area contributed by atoms with Gasteiger partial charge in [0, 0.05) is 32.0 Å². The largest absolute Gasteiger partial charge is 0.376 e. The summed E-state index contributed by atoms with van der Waals surface area (Å²) < 4.78 is 5.50. The standard InChI is InChI=1S/C14H22N4O/c1-19-14(7-4-8-14)11-18-13(15)17-10-6-12-5-2-3-9-16-12/h2-3,5,9H,4,6-8,10-11H2,1H3,(H3,15,17,18). The molecule has 1 aliphatic carbocycles. The second-order valence-electron chi connectivity index (χ2n) is 4.94. The molecule has 1 heterocycles. The number of nitrogens with two attached hydrogens (primary N) is 1. The van der Waals surface area contributed by atoms with Crippen molar-refractivity contribution in [3.63, 3.8) is 0 Å². The van der Waals surface area contributed by atoms with Gasteiger partial charge < -0.3 is 15.8 Å². The van der Waals surface area contributed by atoms with Gasteiger partial charge in [0.15, 0.2) is 5.96 Å². The van der Waals surface area contributed by atoms with Gasteiger partial charge >= 0.3 is 0 Å². The lowest BCUT2D eigenvalue weighted by atomic mass is 9.80. The van der Waals surface area contributed by atoms with Crippen molar-refractivity contribution in [2.75, 3.05) is 20.2 Å². The first-order chi connectivity index (χ1) is 9.24. The van der Waals surface area contributed by atoms with Crippen molar-refractivity contribution in [1.29, 1.82) is 0 Å². The van der Waals surface area contributed by atoms with Gasteiger partial charge in [0.2, 0.25) is 0 Å². The van der Waals surface area contributed by atoms with Crippen LogP contribution in [0.3, 0.4) is 0 Å². The van der Waals surface area contributed by atoms with Crippen molar-refractivity contribution in [3.05, 3.63) is 30.1 Å². The molecule has 0 saturated heterocycles. The molecule has 0 spiro atoms. The fourth-order valence-corrected chi connectivity index (χ4v) is 2.15. The number of aliphatic imine (C=N–C) groups is 1. The maximum atomic E-state index is 5.84. The average molecular weight is 262 g/mol. The topological polar surface area (TPSA) is 72.5 Å². The van der Waals surface area contributed by atoms with Crippen molar-refractivity contribution in [1.82, 2.24) is 10.3 Å². The molecule has 1 saturated carbocycles. The molecule has 0 bridgehead atoms. The summed E-state index contributed by atoms with van der Waals surface area (Å²) in [5.74, 6) is 0.485. The Bertz CT molecular complexity index is 409. The molecule has 1 fully saturated rings. The molecule has 0 unspecified atom stereocenters. The zero-order chi connectivity index (χ0) is 13.6. The average Bonchev–Trinajstić information content (AvgIpc) is 2.39. The number of aromatic nitrogens is 1. The van der Waals surface area contributed by atoms with Crippen LogP contribution in [0, 0.1) is 0 Å². The van der Waals surface area contributed by atoms with Crippen molar-refractivity contribution < 1.29 is 4.74 Å². The number of ether oxygens (including phenoxy) is 1. The number of hydrogen-bond acceptors (Lipinski definition) is 3. The van der Waals surface area contributed by atoms with Crippen molar-refractivity contribution >= 4 is 5.96 Å². The van der Waals surface area contributed by atoms with Gasteiger partial charge in [-0.2, -0.15) is 0 Å². The third kappa shape index (κ3) is 3.92. The molecular formula is C14H22N4O. The van der Waals surface area contributed by atoms with E-state index in [1.165, 1.54) is 6.42 Å². The molecule has 1 aromatic rings. The first-order valence-corrected chi connectivity index (χ1v) is 6.73. The highest BCUT2D eigenvalue weighted by Gasteiger charge is 2.36. The number of guanidine groups is 1. The summed E-state index contributed by atoms with van der Waals surface area (Å²) in [4.78, 5) is 8.61. The molecule has 0 atom stereocenters. The summed E-state index contributed by atoms with van der Waals surface area (Å²) in [6, 6.07) is 5.90. The Morgan fingerprint density at radius 2 is 2.37 bits per heavy atom. The smallest absolute Gasteiger partial charge is 0.188 e. The highest BCUT2D eigenvalue weighted by atomic mass is 16.5. The summed E-state index contributed by atoms with van der Waals surface area (Å²) in [5.41, 5.74) is 6.83. The highest BCUT2D eigenvalue weighted by molar-refractivity contribution is 5.77. The maximum absolute atomic E-state index is 5.84. The number of methoxy groups -OCH3 is 1. The fraction of sp³-hybridized carbons (Fsp3) is 0.571. The van der Waals surface area contributed by atoms with Crippen molar-refractivity contribution in [2.45, 2.75) is 31.3 Å². The van der Waals surface area contributed by atoms with Gasteiger partial charge in [-0.3, -0.25) is 9.98 Å². The Balaban J connectivity index is 1.70. The monoisotopic (exact) mass is 262 g/mol. The van der Waals surface area contributed by atoms with Crippen LogP contribution in [-0.4, -0.2) is 36.7 Å². The summed E-state index contributed by atoms with van der Waals surface area (Å²) in [6.07, 6.45) is 6.01. The fourth-order valence-electron chi connectivity index (χ4n) is 2.15. The van der Waals surface area contributed by atoms with E-state index < -0.39 is 0 Å². The SMILES string of the molecule is COC1(CN=C(N)NCCc2ccccn2)CCC1. The van der Waals surface area contributed by atoms with Crippen LogP contribution >= 0.6 is 0 Å². The minimum atomic E-state index is -0.0622. The van der Waals surface area contributed by atoms with E-state index in [0.717, 1.165) is 31.5 Å². The van der Waals surface area contributed by atoms with Crippen molar-refractivity contribution in [3.8, 4) is 0 Å². The van der Waals surface area contributed by atoms with Crippen LogP contribution in [0.15, 0.2) is 29.4 Å². The van der Waals surface area contributed by atoms with E-state index in [0.29, 0.717) is 12.5 Å². The lowest BCUT2D eigenvalue weighted by Crippen LogP contribution is -2.43. The van der Waals surface area contributed by atoms with Gasteiger partial charge in [-0.15, -0.1) is 0 Å². The van der Waals surface area contributed by atoms with E-state index in [9.17, 15) is 0 Å². The Morgan fingerprint density at radius 1 is 1.53 bits per heavy atom. The van der Waals surface area contributed by atoms with E-state index in [-0.39, 0.29) is 5.60 Å². The number of nitrogens with zero attached hydrogens (tertiary/aromatic N) is 2. The zero-order valence-electron chi connectivity index (χ0n) is 11.4. The van der Waals surface area contributed by atoms with Gasteiger partial charge in [-0.05, 0) is 31.4 Å². The minimum absolute atomic E-state index is 0.0622. The van der Waals surface area contributed by atoms with Gasteiger partial charge in [0.1, 0.15) is 0 Å². The predicted octanol–water partition coefficient (Wildman–Crippen LogP) is 1.10. The third-order valence-electron chi connectivity index (χ3n) is 3.65. The second-order valence-corrected chi connectivity index (χ2v) is 4.94. The minimum Gasteiger partial charge on any atom is -0.376 e. The molecule has 5 nitrogen and oxygen atoms in total. The molecule has 0 radical (unpaired) electrons. The molecule has 2 rings (SSSR count). The van der Waals surface area contributed by atoms with E-state index in [1.807, 2.05) is 18.2 Å².